The van der Waals surface area contributed by atoms with Gasteiger partial charge < -0.3 is 14.4 Å². The lowest BCUT2D eigenvalue weighted by Gasteiger charge is -2.29. The van der Waals surface area contributed by atoms with Gasteiger partial charge in [0.05, 0.1) is 13.2 Å². The van der Waals surface area contributed by atoms with Gasteiger partial charge >= 0.3 is 0 Å². The molecule has 0 bridgehead atoms. The van der Waals surface area contributed by atoms with E-state index in [0.29, 0.717) is 5.75 Å². The van der Waals surface area contributed by atoms with Crippen LogP contribution in [0.1, 0.15) is 39.2 Å². The van der Waals surface area contributed by atoms with E-state index in [1.807, 2.05) is 43.0 Å². The SMILES string of the molecule is COc1cc(C=CC(=O)N2CCC(C)CC2)ccc1OC(C)C. The van der Waals surface area contributed by atoms with Gasteiger partial charge in [-0.1, -0.05) is 13.0 Å². The Bertz CT molecular complexity index is 558. The van der Waals surface area contributed by atoms with Crippen molar-refractivity contribution in [3.05, 3.63) is 29.8 Å². The molecule has 1 amide bonds. The number of rotatable bonds is 5. The second-order valence-electron chi connectivity index (χ2n) is 6.42. The maximum atomic E-state index is 12.2. The number of likely N-dealkylation sites (tertiary alicyclic amines) is 1. The van der Waals surface area contributed by atoms with Gasteiger partial charge in [-0.05, 0) is 56.4 Å². The Morgan fingerprint density at radius 1 is 1.26 bits per heavy atom. The highest BCUT2D eigenvalue weighted by molar-refractivity contribution is 5.91. The highest BCUT2D eigenvalue weighted by Crippen LogP contribution is 2.29. The minimum atomic E-state index is 0.0818. The Balaban J connectivity index is 2.03. The van der Waals surface area contributed by atoms with Crippen LogP contribution in [-0.4, -0.2) is 37.1 Å². The maximum absolute atomic E-state index is 12.2. The first kappa shape index (κ1) is 17.4. The monoisotopic (exact) mass is 317 g/mol. The first-order chi connectivity index (χ1) is 11.0. The zero-order valence-electron chi connectivity index (χ0n) is 14.5. The van der Waals surface area contributed by atoms with Crippen molar-refractivity contribution in [3.63, 3.8) is 0 Å². The van der Waals surface area contributed by atoms with Crippen LogP contribution in [0, 0.1) is 5.92 Å². The Morgan fingerprint density at radius 3 is 2.57 bits per heavy atom. The fourth-order valence-electron chi connectivity index (χ4n) is 2.64. The molecule has 23 heavy (non-hydrogen) atoms. The number of nitrogens with zero attached hydrogens (tertiary/aromatic N) is 1. The standard InChI is InChI=1S/C19H27NO3/c1-14(2)23-17-7-5-16(13-18(17)22-4)6-8-19(21)20-11-9-15(3)10-12-20/h5-8,13-15H,9-12H2,1-4H3. The highest BCUT2D eigenvalue weighted by Gasteiger charge is 2.18. The molecular weight excluding hydrogens is 290 g/mol. The summed E-state index contributed by atoms with van der Waals surface area (Å²) in [5.74, 6) is 2.20. The number of hydrogen-bond acceptors (Lipinski definition) is 3. The number of ether oxygens (including phenoxy) is 2. The molecule has 1 saturated heterocycles. The summed E-state index contributed by atoms with van der Waals surface area (Å²) in [6.07, 6.45) is 5.76. The van der Waals surface area contributed by atoms with E-state index >= 15 is 0 Å². The van der Waals surface area contributed by atoms with Gasteiger partial charge in [0.25, 0.3) is 0 Å². The molecule has 2 rings (SSSR count). The molecule has 0 atom stereocenters. The van der Waals surface area contributed by atoms with E-state index in [2.05, 4.69) is 6.92 Å². The number of amides is 1. The molecule has 0 saturated carbocycles. The second-order valence-corrected chi connectivity index (χ2v) is 6.42. The number of carbonyl (C=O) groups is 1. The first-order valence-corrected chi connectivity index (χ1v) is 8.31. The molecule has 4 nitrogen and oxygen atoms in total. The van der Waals surface area contributed by atoms with Crippen molar-refractivity contribution in [1.82, 2.24) is 4.90 Å². The molecule has 1 aromatic rings. The number of benzene rings is 1. The Kier molecular flexibility index (Phi) is 6.08. The molecule has 0 unspecified atom stereocenters. The van der Waals surface area contributed by atoms with Gasteiger partial charge in [0.1, 0.15) is 0 Å². The van der Waals surface area contributed by atoms with E-state index in [4.69, 9.17) is 9.47 Å². The molecule has 0 radical (unpaired) electrons. The third-order valence-electron chi connectivity index (χ3n) is 4.06. The van der Waals surface area contributed by atoms with Crippen LogP contribution in [-0.2, 0) is 4.79 Å². The molecule has 1 fully saturated rings. The third-order valence-corrected chi connectivity index (χ3v) is 4.06. The lowest BCUT2D eigenvalue weighted by Crippen LogP contribution is -2.36. The zero-order chi connectivity index (χ0) is 16.8. The molecule has 4 heteroatoms. The van der Waals surface area contributed by atoms with E-state index in [9.17, 15) is 4.79 Å². The zero-order valence-corrected chi connectivity index (χ0v) is 14.5. The van der Waals surface area contributed by atoms with Crippen LogP contribution in [0.15, 0.2) is 24.3 Å². The van der Waals surface area contributed by atoms with Crippen LogP contribution < -0.4 is 9.47 Å². The van der Waals surface area contributed by atoms with Crippen LogP contribution >= 0.6 is 0 Å². The first-order valence-electron chi connectivity index (χ1n) is 8.31. The number of hydrogen-bond donors (Lipinski definition) is 0. The van der Waals surface area contributed by atoms with Crippen molar-refractivity contribution in [1.29, 1.82) is 0 Å². The molecule has 0 N–H and O–H groups in total. The Morgan fingerprint density at radius 2 is 1.96 bits per heavy atom. The summed E-state index contributed by atoms with van der Waals surface area (Å²) in [6.45, 7) is 7.91. The molecule has 126 valence electrons. The van der Waals surface area contributed by atoms with Crippen molar-refractivity contribution in [3.8, 4) is 11.5 Å². The fraction of sp³-hybridized carbons (Fsp3) is 0.526. The van der Waals surface area contributed by atoms with Gasteiger partial charge in [-0.2, -0.15) is 0 Å². The van der Waals surface area contributed by atoms with Crippen molar-refractivity contribution >= 4 is 12.0 Å². The topological polar surface area (TPSA) is 38.8 Å². The normalized spacial score (nSPS) is 16.1. The smallest absolute Gasteiger partial charge is 0.246 e. The number of piperidine rings is 1. The van der Waals surface area contributed by atoms with Gasteiger partial charge in [-0.3, -0.25) is 4.79 Å². The average molecular weight is 317 g/mol. The van der Waals surface area contributed by atoms with E-state index in [1.54, 1.807) is 13.2 Å². The van der Waals surface area contributed by atoms with Crippen molar-refractivity contribution < 1.29 is 14.3 Å². The lowest BCUT2D eigenvalue weighted by atomic mass is 9.99. The highest BCUT2D eigenvalue weighted by atomic mass is 16.5. The second kappa shape index (κ2) is 8.04. The summed E-state index contributed by atoms with van der Waals surface area (Å²) in [6, 6.07) is 5.70. The summed E-state index contributed by atoms with van der Waals surface area (Å²) >= 11 is 0. The predicted octanol–water partition coefficient (Wildman–Crippen LogP) is 3.75. The third kappa shape index (κ3) is 5.02. The molecule has 1 heterocycles. The molecule has 1 aliphatic rings. The van der Waals surface area contributed by atoms with E-state index in [1.165, 1.54) is 0 Å². The van der Waals surface area contributed by atoms with Gasteiger partial charge in [0.2, 0.25) is 5.91 Å². The molecular formula is C19H27NO3. The minimum absolute atomic E-state index is 0.0818. The minimum Gasteiger partial charge on any atom is -0.493 e. The van der Waals surface area contributed by atoms with E-state index in [-0.39, 0.29) is 12.0 Å². The molecule has 1 aromatic carbocycles. The number of carbonyl (C=O) groups excluding carboxylic acids is 1. The Labute approximate surface area is 139 Å². The van der Waals surface area contributed by atoms with Crippen LogP contribution in [0.2, 0.25) is 0 Å². The summed E-state index contributed by atoms with van der Waals surface area (Å²) in [7, 11) is 1.62. The summed E-state index contributed by atoms with van der Waals surface area (Å²) in [5, 5.41) is 0. The van der Waals surface area contributed by atoms with Gasteiger partial charge in [-0.25, -0.2) is 0 Å². The van der Waals surface area contributed by atoms with Crippen molar-refractivity contribution in [2.75, 3.05) is 20.2 Å². The van der Waals surface area contributed by atoms with Gasteiger partial charge in [0, 0.05) is 19.2 Å². The summed E-state index contributed by atoms with van der Waals surface area (Å²) in [4.78, 5) is 14.1. The largest absolute Gasteiger partial charge is 0.493 e. The van der Waals surface area contributed by atoms with Crippen molar-refractivity contribution in [2.24, 2.45) is 5.92 Å². The van der Waals surface area contributed by atoms with Crippen molar-refractivity contribution in [2.45, 2.75) is 39.7 Å². The van der Waals surface area contributed by atoms with Crippen LogP contribution in [0.5, 0.6) is 11.5 Å². The molecule has 0 spiro atoms. The predicted molar refractivity (Wildman–Crippen MR) is 92.8 cm³/mol. The van der Waals surface area contributed by atoms with Crippen LogP contribution in [0.25, 0.3) is 6.08 Å². The molecule has 0 aliphatic carbocycles. The average Bonchev–Trinajstić information content (AvgIpc) is 2.53. The fourth-order valence-corrected chi connectivity index (χ4v) is 2.64. The van der Waals surface area contributed by atoms with Gasteiger partial charge in [-0.15, -0.1) is 0 Å². The summed E-state index contributed by atoms with van der Waals surface area (Å²) < 4.78 is 11.1. The number of methoxy groups -OCH3 is 1. The maximum Gasteiger partial charge on any atom is 0.246 e. The lowest BCUT2D eigenvalue weighted by molar-refractivity contribution is -0.127. The van der Waals surface area contributed by atoms with E-state index < -0.39 is 0 Å². The quantitative estimate of drug-likeness (QED) is 0.776. The van der Waals surface area contributed by atoms with E-state index in [0.717, 1.165) is 43.2 Å². The molecule has 1 aliphatic heterocycles. The van der Waals surface area contributed by atoms with Gasteiger partial charge in [0.15, 0.2) is 11.5 Å². The summed E-state index contributed by atoms with van der Waals surface area (Å²) in [5.41, 5.74) is 0.927. The Hall–Kier alpha value is -1.97. The van der Waals surface area contributed by atoms with Crippen LogP contribution in [0.3, 0.4) is 0 Å². The van der Waals surface area contributed by atoms with Crippen LogP contribution in [0.4, 0.5) is 0 Å². The molecule has 0 aromatic heterocycles.